The van der Waals surface area contributed by atoms with E-state index < -0.39 is 12.1 Å². The van der Waals surface area contributed by atoms with Crippen LogP contribution >= 0.6 is 11.6 Å². The number of nitrogens with zero attached hydrogens (tertiary/aromatic N) is 3. The zero-order valence-electron chi connectivity index (χ0n) is 12.3. The number of alkyl halides is 1. The van der Waals surface area contributed by atoms with E-state index in [2.05, 4.69) is 10.3 Å². The third-order valence-electron chi connectivity index (χ3n) is 3.90. The Balaban J connectivity index is 2.00. The first-order valence-electron chi connectivity index (χ1n) is 7.49. The van der Waals surface area contributed by atoms with Gasteiger partial charge in [-0.25, -0.2) is 9.48 Å². The average Bonchev–Trinajstić information content (AvgIpc) is 3.08. The fraction of sp³-hybridized carbons (Fsp3) is 0.786. The van der Waals surface area contributed by atoms with E-state index >= 15 is 0 Å². The zero-order chi connectivity index (χ0) is 15.2. The first kappa shape index (κ1) is 16.2. The number of ether oxygens (including phenoxy) is 1. The predicted octanol–water partition coefficient (Wildman–Crippen LogP) is 2.13. The third kappa shape index (κ3) is 4.17. The summed E-state index contributed by atoms with van der Waals surface area (Å²) in [5, 5.41) is 17.9. The van der Waals surface area contributed by atoms with E-state index in [-0.39, 0.29) is 18.2 Å². The second kappa shape index (κ2) is 7.75. The van der Waals surface area contributed by atoms with Crippen LogP contribution in [0.3, 0.4) is 0 Å². The van der Waals surface area contributed by atoms with Gasteiger partial charge in [-0.2, -0.15) is 0 Å². The minimum Gasteiger partial charge on any atom is -0.461 e. The van der Waals surface area contributed by atoms with Crippen LogP contribution in [0.1, 0.15) is 55.2 Å². The number of esters is 1. The van der Waals surface area contributed by atoms with Crippen molar-refractivity contribution in [1.82, 2.24) is 15.0 Å². The lowest BCUT2D eigenvalue weighted by molar-refractivity contribution is 0.0518. The molecule has 1 saturated carbocycles. The van der Waals surface area contributed by atoms with Crippen LogP contribution in [0.15, 0.2) is 0 Å². The van der Waals surface area contributed by atoms with Gasteiger partial charge in [0.05, 0.1) is 30.8 Å². The van der Waals surface area contributed by atoms with Gasteiger partial charge in [0, 0.05) is 0 Å². The van der Waals surface area contributed by atoms with Gasteiger partial charge in [-0.3, -0.25) is 0 Å². The highest BCUT2D eigenvalue weighted by Crippen LogP contribution is 2.29. The predicted molar refractivity (Wildman–Crippen MR) is 78.1 cm³/mol. The van der Waals surface area contributed by atoms with E-state index in [1.165, 1.54) is 30.4 Å². The number of hydrogen-bond donors (Lipinski definition) is 1. The average molecular weight is 316 g/mol. The molecule has 0 saturated heterocycles. The maximum atomic E-state index is 11.7. The third-order valence-corrected chi connectivity index (χ3v) is 4.15. The van der Waals surface area contributed by atoms with Crippen molar-refractivity contribution in [2.75, 3.05) is 6.61 Å². The van der Waals surface area contributed by atoms with Crippen molar-refractivity contribution in [3.63, 3.8) is 0 Å². The summed E-state index contributed by atoms with van der Waals surface area (Å²) in [4.78, 5) is 11.7. The molecular formula is C14H22ClN3O3. The molecular weight excluding hydrogens is 294 g/mol. The molecule has 21 heavy (non-hydrogen) atoms. The summed E-state index contributed by atoms with van der Waals surface area (Å²) >= 11 is 5.89. The number of carbonyl (C=O) groups is 1. The number of halogens is 1. The van der Waals surface area contributed by atoms with Crippen LogP contribution in [0.25, 0.3) is 0 Å². The van der Waals surface area contributed by atoms with Crippen molar-refractivity contribution in [2.45, 2.75) is 57.6 Å². The van der Waals surface area contributed by atoms with Crippen LogP contribution in [0.5, 0.6) is 0 Å². The minimum absolute atomic E-state index is 0.108. The Morgan fingerprint density at radius 2 is 2.24 bits per heavy atom. The second-order valence-corrected chi connectivity index (χ2v) is 5.73. The van der Waals surface area contributed by atoms with E-state index in [1.807, 2.05) is 0 Å². The van der Waals surface area contributed by atoms with Crippen molar-refractivity contribution in [2.24, 2.45) is 5.92 Å². The van der Waals surface area contributed by atoms with Gasteiger partial charge in [-0.15, -0.1) is 16.7 Å². The highest BCUT2D eigenvalue weighted by molar-refractivity contribution is 6.17. The van der Waals surface area contributed by atoms with Gasteiger partial charge in [-0.05, 0) is 19.3 Å². The number of rotatable bonds is 7. The Morgan fingerprint density at radius 3 is 2.86 bits per heavy atom. The number of hydrogen-bond acceptors (Lipinski definition) is 5. The van der Waals surface area contributed by atoms with E-state index in [4.69, 9.17) is 16.3 Å². The Morgan fingerprint density at radius 1 is 1.52 bits per heavy atom. The Labute approximate surface area is 129 Å². The lowest BCUT2D eigenvalue weighted by Gasteiger charge is -2.16. The van der Waals surface area contributed by atoms with E-state index in [0.29, 0.717) is 18.2 Å². The van der Waals surface area contributed by atoms with Crippen LogP contribution in [-0.4, -0.2) is 38.8 Å². The summed E-state index contributed by atoms with van der Waals surface area (Å²) < 4.78 is 6.43. The monoisotopic (exact) mass is 315 g/mol. The van der Waals surface area contributed by atoms with Crippen LogP contribution in [0.4, 0.5) is 0 Å². The van der Waals surface area contributed by atoms with Crippen molar-refractivity contribution in [3.8, 4) is 0 Å². The van der Waals surface area contributed by atoms with Gasteiger partial charge >= 0.3 is 5.97 Å². The SMILES string of the molecule is CCOC(=O)c1nnn(CC(O)CC2CCCC2)c1CCl. The van der Waals surface area contributed by atoms with Gasteiger partial charge in [0.25, 0.3) is 0 Å². The molecule has 0 aliphatic heterocycles. The number of aromatic nitrogens is 3. The van der Waals surface area contributed by atoms with Gasteiger partial charge in [0.15, 0.2) is 5.69 Å². The quantitative estimate of drug-likeness (QED) is 0.616. The summed E-state index contributed by atoms with van der Waals surface area (Å²) in [6.45, 7) is 2.32. The summed E-state index contributed by atoms with van der Waals surface area (Å²) in [5.74, 6) is 0.175. The molecule has 118 valence electrons. The van der Waals surface area contributed by atoms with Crippen LogP contribution in [0.2, 0.25) is 0 Å². The van der Waals surface area contributed by atoms with Crippen molar-refractivity contribution in [1.29, 1.82) is 0 Å². The molecule has 1 unspecified atom stereocenters. The normalized spacial score (nSPS) is 17.1. The van der Waals surface area contributed by atoms with Crippen molar-refractivity contribution >= 4 is 17.6 Å². The molecule has 2 rings (SSSR count). The van der Waals surface area contributed by atoms with Gasteiger partial charge in [-0.1, -0.05) is 30.9 Å². The molecule has 6 nitrogen and oxygen atoms in total. The van der Waals surface area contributed by atoms with Gasteiger partial charge in [0.1, 0.15) is 0 Å². The molecule has 1 N–H and O–H groups in total. The number of carbonyl (C=O) groups excluding carboxylic acids is 1. The van der Waals surface area contributed by atoms with Crippen LogP contribution < -0.4 is 0 Å². The standard InChI is InChI=1S/C14H22ClN3O3/c1-2-21-14(20)13-12(8-15)18(17-16-13)9-11(19)7-10-5-3-4-6-10/h10-11,19H,2-9H2,1H3. The second-order valence-electron chi connectivity index (χ2n) is 5.46. The molecule has 7 heteroatoms. The molecule has 0 bridgehead atoms. The maximum Gasteiger partial charge on any atom is 0.360 e. The highest BCUT2D eigenvalue weighted by Gasteiger charge is 2.23. The van der Waals surface area contributed by atoms with Crippen molar-refractivity contribution < 1.29 is 14.6 Å². The fourth-order valence-corrected chi connectivity index (χ4v) is 3.14. The van der Waals surface area contributed by atoms with Crippen LogP contribution in [-0.2, 0) is 17.2 Å². The first-order valence-corrected chi connectivity index (χ1v) is 8.02. The Kier molecular flexibility index (Phi) is 5.99. The Bertz CT molecular complexity index is 472. The zero-order valence-corrected chi connectivity index (χ0v) is 13.1. The number of aliphatic hydroxyl groups is 1. The molecule has 0 aromatic carbocycles. The molecule has 1 aromatic heterocycles. The molecule has 1 aliphatic rings. The largest absolute Gasteiger partial charge is 0.461 e. The summed E-state index contributed by atoms with van der Waals surface area (Å²) in [5.41, 5.74) is 0.639. The maximum absolute atomic E-state index is 11.7. The van der Waals surface area contributed by atoms with Gasteiger partial charge < -0.3 is 9.84 Å². The van der Waals surface area contributed by atoms with E-state index in [1.54, 1.807) is 6.92 Å². The smallest absolute Gasteiger partial charge is 0.360 e. The van der Waals surface area contributed by atoms with E-state index in [9.17, 15) is 9.90 Å². The first-order chi connectivity index (χ1) is 10.2. The number of aliphatic hydroxyl groups excluding tert-OH is 1. The fourth-order valence-electron chi connectivity index (χ4n) is 2.87. The van der Waals surface area contributed by atoms with Gasteiger partial charge in [0.2, 0.25) is 0 Å². The lowest BCUT2D eigenvalue weighted by Crippen LogP contribution is -2.21. The molecule has 1 fully saturated rings. The lowest BCUT2D eigenvalue weighted by atomic mass is 10.00. The topological polar surface area (TPSA) is 77.2 Å². The molecule has 0 amide bonds. The molecule has 0 radical (unpaired) electrons. The van der Waals surface area contributed by atoms with Crippen LogP contribution in [0, 0.1) is 5.92 Å². The Hall–Kier alpha value is -1.14. The molecule has 0 spiro atoms. The molecule has 1 heterocycles. The molecule has 1 atom stereocenters. The molecule has 1 aromatic rings. The highest BCUT2D eigenvalue weighted by atomic mass is 35.5. The summed E-state index contributed by atoms with van der Waals surface area (Å²) in [7, 11) is 0. The summed E-state index contributed by atoms with van der Waals surface area (Å²) in [6, 6.07) is 0. The van der Waals surface area contributed by atoms with E-state index in [0.717, 1.165) is 6.42 Å². The summed E-state index contributed by atoms with van der Waals surface area (Å²) in [6.07, 6.45) is 5.14. The molecule has 1 aliphatic carbocycles. The van der Waals surface area contributed by atoms with Crippen molar-refractivity contribution in [3.05, 3.63) is 11.4 Å². The minimum atomic E-state index is -0.523.